The van der Waals surface area contributed by atoms with Crippen molar-refractivity contribution >= 4 is 5.91 Å². The van der Waals surface area contributed by atoms with E-state index in [1.807, 2.05) is 56.3 Å². The SMILES string of the molecule is CCOC1(OCC)CCC(CNC(=O)c2ccc(-c3ccccc3)cc2)C(N)C1. The van der Waals surface area contributed by atoms with Gasteiger partial charge in [-0.05, 0) is 49.4 Å². The van der Waals surface area contributed by atoms with E-state index in [1.165, 1.54) is 0 Å². The number of hydrogen-bond acceptors (Lipinski definition) is 4. The van der Waals surface area contributed by atoms with Crippen molar-refractivity contribution in [2.45, 2.75) is 44.9 Å². The molecule has 1 saturated carbocycles. The van der Waals surface area contributed by atoms with Gasteiger partial charge >= 0.3 is 0 Å². The highest BCUT2D eigenvalue weighted by Gasteiger charge is 2.41. The molecule has 2 aromatic carbocycles. The molecule has 1 aliphatic rings. The summed E-state index contributed by atoms with van der Waals surface area (Å²) in [4.78, 5) is 12.6. The Morgan fingerprint density at radius 3 is 2.24 bits per heavy atom. The van der Waals surface area contributed by atoms with Gasteiger partial charge in [0.2, 0.25) is 0 Å². The number of benzene rings is 2. The highest BCUT2D eigenvalue weighted by Crippen LogP contribution is 2.35. The molecule has 2 aromatic rings. The second kappa shape index (κ2) is 10.0. The van der Waals surface area contributed by atoms with E-state index in [1.54, 1.807) is 0 Å². The average molecular weight is 397 g/mol. The predicted molar refractivity (Wildman–Crippen MR) is 116 cm³/mol. The summed E-state index contributed by atoms with van der Waals surface area (Å²) in [5.41, 5.74) is 9.31. The molecule has 0 aromatic heterocycles. The zero-order valence-corrected chi connectivity index (χ0v) is 17.4. The maximum atomic E-state index is 12.6. The van der Waals surface area contributed by atoms with Gasteiger partial charge in [-0.25, -0.2) is 0 Å². The van der Waals surface area contributed by atoms with Crippen molar-refractivity contribution in [2.75, 3.05) is 19.8 Å². The van der Waals surface area contributed by atoms with Gasteiger partial charge in [-0.3, -0.25) is 4.79 Å². The van der Waals surface area contributed by atoms with Crippen LogP contribution in [0.3, 0.4) is 0 Å². The Morgan fingerprint density at radius 1 is 1.03 bits per heavy atom. The van der Waals surface area contributed by atoms with Gasteiger partial charge in [-0.1, -0.05) is 42.5 Å². The summed E-state index contributed by atoms with van der Waals surface area (Å²) < 4.78 is 11.8. The van der Waals surface area contributed by atoms with Crippen LogP contribution < -0.4 is 11.1 Å². The van der Waals surface area contributed by atoms with E-state index in [-0.39, 0.29) is 17.9 Å². The van der Waals surface area contributed by atoms with Gasteiger partial charge in [0, 0.05) is 44.2 Å². The topological polar surface area (TPSA) is 73.6 Å². The van der Waals surface area contributed by atoms with Crippen LogP contribution in [0.15, 0.2) is 54.6 Å². The van der Waals surface area contributed by atoms with E-state index in [4.69, 9.17) is 15.2 Å². The minimum Gasteiger partial charge on any atom is -0.352 e. The van der Waals surface area contributed by atoms with Gasteiger partial charge in [0.1, 0.15) is 0 Å². The number of carbonyl (C=O) groups excluding carboxylic acids is 1. The quantitative estimate of drug-likeness (QED) is 0.662. The first-order valence-corrected chi connectivity index (χ1v) is 10.5. The summed E-state index contributed by atoms with van der Waals surface area (Å²) in [6.45, 7) is 5.72. The standard InChI is InChI=1S/C24H32N2O3/c1-3-28-24(29-4-2)15-14-21(22(25)16-24)17-26-23(27)20-12-10-19(11-13-20)18-8-6-5-7-9-18/h5-13,21-22H,3-4,14-17,25H2,1-2H3,(H,26,27). The van der Waals surface area contributed by atoms with Crippen molar-refractivity contribution in [3.05, 3.63) is 60.2 Å². The minimum atomic E-state index is -0.573. The number of rotatable bonds is 8. The van der Waals surface area contributed by atoms with Crippen LogP contribution in [0.25, 0.3) is 11.1 Å². The zero-order valence-electron chi connectivity index (χ0n) is 17.4. The lowest BCUT2D eigenvalue weighted by molar-refractivity contribution is -0.254. The maximum Gasteiger partial charge on any atom is 0.251 e. The first-order chi connectivity index (χ1) is 14.1. The molecule has 1 amide bonds. The Morgan fingerprint density at radius 2 is 1.66 bits per heavy atom. The van der Waals surface area contributed by atoms with Gasteiger partial charge in [-0.2, -0.15) is 0 Å². The molecule has 5 nitrogen and oxygen atoms in total. The molecule has 3 N–H and O–H groups in total. The van der Waals surface area contributed by atoms with Crippen molar-refractivity contribution in [3.8, 4) is 11.1 Å². The van der Waals surface area contributed by atoms with Crippen LogP contribution in [0.4, 0.5) is 0 Å². The van der Waals surface area contributed by atoms with Crippen LogP contribution in [0.2, 0.25) is 0 Å². The summed E-state index contributed by atoms with van der Waals surface area (Å²) in [7, 11) is 0. The number of nitrogens with one attached hydrogen (secondary N) is 1. The number of amides is 1. The molecule has 0 heterocycles. The molecule has 1 aliphatic carbocycles. The van der Waals surface area contributed by atoms with Crippen LogP contribution in [0, 0.1) is 5.92 Å². The van der Waals surface area contributed by atoms with Crippen LogP contribution in [0.5, 0.6) is 0 Å². The number of nitrogens with two attached hydrogens (primary N) is 1. The first-order valence-electron chi connectivity index (χ1n) is 10.5. The molecular weight excluding hydrogens is 364 g/mol. The van der Waals surface area contributed by atoms with Crippen molar-refractivity contribution in [1.82, 2.24) is 5.32 Å². The van der Waals surface area contributed by atoms with E-state index in [9.17, 15) is 4.79 Å². The summed E-state index contributed by atoms with van der Waals surface area (Å²) in [5, 5.41) is 3.05. The van der Waals surface area contributed by atoms with Gasteiger partial charge in [0.25, 0.3) is 5.91 Å². The minimum absolute atomic E-state index is 0.0664. The third-order valence-corrected chi connectivity index (χ3v) is 5.64. The molecular formula is C24H32N2O3. The smallest absolute Gasteiger partial charge is 0.251 e. The van der Waals surface area contributed by atoms with Crippen LogP contribution in [-0.2, 0) is 9.47 Å². The average Bonchev–Trinajstić information content (AvgIpc) is 2.74. The van der Waals surface area contributed by atoms with E-state index < -0.39 is 5.79 Å². The highest BCUT2D eigenvalue weighted by atomic mass is 16.7. The summed E-state index contributed by atoms with van der Waals surface area (Å²) >= 11 is 0. The van der Waals surface area contributed by atoms with Crippen LogP contribution >= 0.6 is 0 Å². The Bertz CT molecular complexity index is 770. The molecule has 0 spiro atoms. The zero-order chi connectivity index (χ0) is 20.7. The Labute approximate surface area is 173 Å². The fourth-order valence-corrected chi connectivity index (χ4v) is 4.10. The summed E-state index contributed by atoms with van der Waals surface area (Å²) in [6, 6.07) is 17.8. The largest absolute Gasteiger partial charge is 0.352 e. The molecule has 3 rings (SSSR count). The fraction of sp³-hybridized carbons (Fsp3) is 0.458. The van der Waals surface area contributed by atoms with Crippen LogP contribution in [-0.4, -0.2) is 37.5 Å². The second-order valence-corrected chi connectivity index (χ2v) is 7.60. The number of ether oxygens (including phenoxy) is 2. The van der Waals surface area contributed by atoms with Gasteiger partial charge in [0.15, 0.2) is 5.79 Å². The highest BCUT2D eigenvalue weighted by molar-refractivity contribution is 5.94. The van der Waals surface area contributed by atoms with Gasteiger partial charge in [-0.15, -0.1) is 0 Å². The molecule has 29 heavy (non-hydrogen) atoms. The van der Waals surface area contributed by atoms with Gasteiger partial charge in [0.05, 0.1) is 0 Å². The number of hydrogen-bond donors (Lipinski definition) is 2. The molecule has 156 valence electrons. The molecule has 0 bridgehead atoms. The lowest BCUT2D eigenvalue weighted by atomic mass is 9.81. The Kier molecular flexibility index (Phi) is 7.42. The second-order valence-electron chi connectivity index (χ2n) is 7.60. The van der Waals surface area contributed by atoms with E-state index in [0.717, 1.165) is 24.0 Å². The molecule has 1 fully saturated rings. The van der Waals surface area contributed by atoms with E-state index >= 15 is 0 Å². The normalized spacial score (nSPS) is 20.9. The first kappa shape index (κ1) is 21.5. The van der Waals surface area contributed by atoms with Crippen molar-refractivity contribution in [1.29, 1.82) is 0 Å². The lowest BCUT2D eigenvalue weighted by Crippen LogP contribution is -2.52. The van der Waals surface area contributed by atoms with Crippen molar-refractivity contribution in [3.63, 3.8) is 0 Å². The van der Waals surface area contributed by atoms with Crippen LogP contribution in [0.1, 0.15) is 43.5 Å². The third-order valence-electron chi connectivity index (χ3n) is 5.64. The van der Waals surface area contributed by atoms with Crippen molar-refractivity contribution < 1.29 is 14.3 Å². The fourth-order valence-electron chi connectivity index (χ4n) is 4.10. The predicted octanol–water partition coefficient (Wildman–Crippen LogP) is 3.98. The van der Waals surface area contributed by atoms with E-state index in [0.29, 0.717) is 31.7 Å². The van der Waals surface area contributed by atoms with E-state index in [2.05, 4.69) is 17.4 Å². The summed E-state index contributed by atoms with van der Waals surface area (Å²) in [6.07, 6.45) is 2.32. The maximum absolute atomic E-state index is 12.6. The molecule has 2 unspecified atom stereocenters. The molecule has 2 atom stereocenters. The van der Waals surface area contributed by atoms with Crippen molar-refractivity contribution in [2.24, 2.45) is 11.7 Å². The Balaban J connectivity index is 1.54. The Hall–Kier alpha value is -2.21. The molecule has 0 radical (unpaired) electrons. The number of carbonyl (C=O) groups is 1. The van der Waals surface area contributed by atoms with Gasteiger partial charge < -0.3 is 20.5 Å². The lowest BCUT2D eigenvalue weighted by Gasteiger charge is -2.42. The summed E-state index contributed by atoms with van der Waals surface area (Å²) in [5.74, 6) is -0.420. The molecule has 0 aliphatic heterocycles. The molecule has 0 saturated heterocycles. The monoisotopic (exact) mass is 396 g/mol. The molecule has 5 heteroatoms. The third kappa shape index (κ3) is 5.44.